The van der Waals surface area contributed by atoms with Crippen molar-refractivity contribution in [2.45, 2.75) is 85.4 Å². The molecule has 1 aliphatic rings. The minimum Gasteiger partial charge on any atom is -0.465 e. The lowest BCUT2D eigenvalue weighted by atomic mass is 10.1. The Bertz CT molecular complexity index is 1000. The highest BCUT2D eigenvalue weighted by Gasteiger charge is 2.35. The van der Waals surface area contributed by atoms with Crippen LogP contribution >= 0.6 is 0 Å². The van der Waals surface area contributed by atoms with Gasteiger partial charge in [0.25, 0.3) is 0 Å². The number of aliphatic hydroxyl groups excluding tert-OH is 1. The number of hydrogen-bond donors (Lipinski definition) is 1. The van der Waals surface area contributed by atoms with Crippen LogP contribution in [0.5, 0.6) is 0 Å². The summed E-state index contributed by atoms with van der Waals surface area (Å²) in [6, 6.07) is 0. The highest BCUT2D eigenvalue weighted by molar-refractivity contribution is 7.88. The van der Waals surface area contributed by atoms with Gasteiger partial charge in [0.2, 0.25) is 10.0 Å². The third kappa shape index (κ3) is 19.0. The standard InChI is InChI=1S/C32H63N5O9S/c1-7-11-12-13-14-15-16-37(47(6,42)43)29-24-35(23-28(5)38)20-19-33(25-30(39)44-8-2)17-18-34(26-31(40)45-9-3)21-22-36(29)27-32(41)46-10-4/h28-29,38H,7-27H2,1-6H3. The normalized spacial score (nSPS) is 19.1. The molecule has 1 N–H and O–H groups in total. The van der Waals surface area contributed by atoms with Crippen molar-refractivity contribution in [3.05, 3.63) is 0 Å². The van der Waals surface area contributed by atoms with Crippen LogP contribution in [-0.2, 0) is 38.6 Å². The van der Waals surface area contributed by atoms with Crippen molar-refractivity contribution < 1.29 is 42.1 Å². The number of β-amino-alcohol motifs (C(OH)–C–C–N with tert-alkyl or cyclic N) is 1. The summed E-state index contributed by atoms with van der Waals surface area (Å²) in [5.41, 5.74) is 0. The molecule has 1 aliphatic heterocycles. The van der Waals surface area contributed by atoms with E-state index in [1.165, 1.54) is 10.6 Å². The van der Waals surface area contributed by atoms with Crippen molar-refractivity contribution in [2.75, 3.05) is 105 Å². The first-order chi connectivity index (χ1) is 22.3. The Hall–Kier alpha value is -1.88. The second-order valence-corrected chi connectivity index (χ2v) is 14.1. The highest BCUT2D eigenvalue weighted by Crippen LogP contribution is 2.18. The topological polar surface area (TPSA) is 149 Å². The van der Waals surface area contributed by atoms with Crippen LogP contribution in [0.25, 0.3) is 0 Å². The maximum Gasteiger partial charge on any atom is 0.320 e. The number of esters is 3. The van der Waals surface area contributed by atoms with Crippen LogP contribution in [0.4, 0.5) is 0 Å². The Morgan fingerprint density at radius 3 is 1.64 bits per heavy atom. The third-order valence-electron chi connectivity index (χ3n) is 7.98. The molecule has 1 heterocycles. The summed E-state index contributed by atoms with van der Waals surface area (Å²) in [6.45, 7) is 12.7. The molecule has 1 fully saturated rings. The van der Waals surface area contributed by atoms with Gasteiger partial charge in [-0.3, -0.25) is 34.0 Å². The number of ether oxygens (including phenoxy) is 3. The van der Waals surface area contributed by atoms with Crippen LogP contribution in [0.1, 0.15) is 73.1 Å². The van der Waals surface area contributed by atoms with E-state index in [2.05, 4.69) is 6.92 Å². The zero-order valence-corrected chi connectivity index (χ0v) is 30.7. The van der Waals surface area contributed by atoms with Crippen LogP contribution < -0.4 is 0 Å². The minimum absolute atomic E-state index is 0.000697. The quantitative estimate of drug-likeness (QED) is 0.111. The molecule has 276 valence electrons. The lowest BCUT2D eigenvalue weighted by Gasteiger charge is -2.42. The average molecular weight is 694 g/mol. The zero-order valence-electron chi connectivity index (χ0n) is 29.9. The predicted octanol–water partition coefficient (Wildman–Crippen LogP) is 1.23. The summed E-state index contributed by atoms with van der Waals surface area (Å²) in [5, 5.41) is 10.4. The first-order valence-electron chi connectivity index (χ1n) is 17.4. The molecule has 0 aromatic carbocycles. The van der Waals surface area contributed by atoms with Crippen molar-refractivity contribution in [2.24, 2.45) is 0 Å². The van der Waals surface area contributed by atoms with Gasteiger partial charge in [-0.1, -0.05) is 39.0 Å². The van der Waals surface area contributed by atoms with Crippen LogP contribution in [0.3, 0.4) is 0 Å². The van der Waals surface area contributed by atoms with E-state index >= 15 is 0 Å². The van der Waals surface area contributed by atoms with Crippen molar-refractivity contribution in [3.63, 3.8) is 0 Å². The van der Waals surface area contributed by atoms with E-state index in [9.17, 15) is 27.9 Å². The fourth-order valence-corrected chi connectivity index (χ4v) is 6.80. The van der Waals surface area contributed by atoms with Gasteiger partial charge in [-0.25, -0.2) is 8.42 Å². The number of rotatable bonds is 20. The van der Waals surface area contributed by atoms with Gasteiger partial charge in [-0.2, -0.15) is 4.31 Å². The second-order valence-electron chi connectivity index (χ2n) is 12.2. The van der Waals surface area contributed by atoms with E-state index in [1.54, 1.807) is 27.7 Å². The molecule has 2 atom stereocenters. The molecule has 0 aliphatic carbocycles. The fraction of sp³-hybridized carbons (Fsp3) is 0.906. The Labute approximate surface area is 283 Å². The van der Waals surface area contributed by atoms with Crippen molar-refractivity contribution in [3.8, 4) is 0 Å². The molecule has 15 heteroatoms. The molecule has 0 saturated carbocycles. The van der Waals surface area contributed by atoms with Crippen LogP contribution in [0.2, 0.25) is 0 Å². The van der Waals surface area contributed by atoms with Gasteiger partial charge in [-0.05, 0) is 34.1 Å². The maximum absolute atomic E-state index is 13.5. The van der Waals surface area contributed by atoms with E-state index < -0.39 is 34.2 Å². The minimum atomic E-state index is -3.74. The van der Waals surface area contributed by atoms with Crippen molar-refractivity contribution in [1.82, 2.24) is 23.9 Å². The SMILES string of the molecule is CCCCCCCCN(C1CN(CC(C)O)CCN(CC(=O)OCC)CCN(CC(=O)OCC)CCN1CC(=O)OCC)S(C)(=O)=O. The molecule has 1 saturated heterocycles. The predicted molar refractivity (Wildman–Crippen MR) is 181 cm³/mol. The van der Waals surface area contributed by atoms with E-state index in [4.69, 9.17) is 14.2 Å². The Morgan fingerprint density at radius 1 is 0.723 bits per heavy atom. The first kappa shape index (κ1) is 43.1. The Kier molecular flexibility index (Phi) is 22.3. The van der Waals surface area contributed by atoms with Gasteiger partial charge in [0.1, 0.15) is 0 Å². The molecular weight excluding hydrogens is 630 g/mol. The average Bonchev–Trinajstić information content (AvgIpc) is 2.97. The van der Waals surface area contributed by atoms with Gasteiger partial charge >= 0.3 is 17.9 Å². The number of unbranched alkanes of at least 4 members (excludes halogenated alkanes) is 5. The van der Waals surface area contributed by atoms with Crippen molar-refractivity contribution >= 4 is 27.9 Å². The smallest absolute Gasteiger partial charge is 0.320 e. The van der Waals surface area contributed by atoms with Gasteiger partial charge < -0.3 is 19.3 Å². The molecule has 2 unspecified atom stereocenters. The van der Waals surface area contributed by atoms with E-state index in [0.717, 1.165) is 32.1 Å². The molecule has 0 bridgehead atoms. The summed E-state index contributed by atoms with van der Waals surface area (Å²) in [5.74, 6) is -1.23. The summed E-state index contributed by atoms with van der Waals surface area (Å²) < 4.78 is 44.1. The lowest BCUT2D eigenvalue weighted by Crippen LogP contribution is -2.60. The summed E-state index contributed by atoms with van der Waals surface area (Å²) >= 11 is 0. The summed E-state index contributed by atoms with van der Waals surface area (Å²) in [7, 11) is -3.74. The third-order valence-corrected chi connectivity index (χ3v) is 9.26. The van der Waals surface area contributed by atoms with Gasteiger partial charge in [0.05, 0.1) is 58.0 Å². The number of sulfonamides is 1. The summed E-state index contributed by atoms with van der Waals surface area (Å²) in [4.78, 5) is 45.7. The lowest BCUT2D eigenvalue weighted by molar-refractivity contribution is -0.147. The molecule has 1 rings (SSSR count). The van der Waals surface area contributed by atoms with E-state index in [1.807, 2.05) is 19.6 Å². The molecule has 47 heavy (non-hydrogen) atoms. The highest BCUT2D eigenvalue weighted by atomic mass is 32.2. The zero-order chi connectivity index (χ0) is 35.2. The number of nitrogens with zero attached hydrogens (tertiary/aromatic N) is 5. The summed E-state index contributed by atoms with van der Waals surface area (Å²) in [6.07, 6.45) is 5.63. The number of aliphatic hydroxyl groups is 1. The molecular formula is C32H63N5O9S. The van der Waals surface area contributed by atoms with Crippen molar-refractivity contribution in [1.29, 1.82) is 0 Å². The number of carbonyl (C=O) groups excluding carboxylic acids is 3. The van der Waals surface area contributed by atoms with Crippen LogP contribution in [-0.4, -0.2) is 172 Å². The molecule has 0 radical (unpaired) electrons. The fourth-order valence-electron chi connectivity index (χ4n) is 5.69. The first-order valence-corrected chi connectivity index (χ1v) is 19.2. The number of carbonyl (C=O) groups is 3. The molecule has 0 aromatic heterocycles. The Balaban J connectivity index is 3.58. The van der Waals surface area contributed by atoms with E-state index in [0.29, 0.717) is 39.1 Å². The van der Waals surface area contributed by atoms with E-state index in [-0.39, 0.29) is 71.6 Å². The number of hydrogen-bond acceptors (Lipinski definition) is 13. The van der Waals surface area contributed by atoms with Crippen LogP contribution in [0, 0.1) is 0 Å². The van der Waals surface area contributed by atoms with Gasteiger partial charge in [0, 0.05) is 58.9 Å². The molecule has 0 aromatic rings. The van der Waals surface area contributed by atoms with Gasteiger partial charge in [0.15, 0.2) is 0 Å². The monoisotopic (exact) mass is 693 g/mol. The largest absolute Gasteiger partial charge is 0.465 e. The second kappa shape index (κ2) is 24.3. The van der Waals surface area contributed by atoms with Gasteiger partial charge in [-0.15, -0.1) is 0 Å². The molecule has 14 nitrogen and oxygen atoms in total. The maximum atomic E-state index is 13.5. The molecule has 0 spiro atoms. The van der Waals surface area contributed by atoms with Crippen LogP contribution in [0.15, 0.2) is 0 Å². The Morgan fingerprint density at radius 2 is 1.17 bits per heavy atom. The molecule has 0 amide bonds.